The lowest BCUT2D eigenvalue weighted by Gasteiger charge is -2.42. The summed E-state index contributed by atoms with van der Waals surface area (Å²) in [6, 6.07) is 0. The number of rotatable bonds is 4. The highest BCUT2D eigenvalue weighted by molar-refractivity contribution is 8.20. The molecule has 0 rings (SSSR count). The van der Waals surface area contributed by atoms with Crippen molar-refractivity contribution in [1.29, 1.82) is 0 Å². The second kappa shape index (κ2) is 4.26. The van der Waals surface area contributed by atoms with Crippen molar-refractivity contribution in [2.45, 2.75) is 58.9 Å². The molecule has 0 saturated heterocycles. The first-order valence-corrected chi connectivity index (χ1v) is 19.2. The van der Waals surface area contributed by atoms with Crippen LogP contribution in [0, 0.1) is 0 Å². The minimum atomic E-state index is -2.37. The van der Waals surface area contributed by atoms with Crippen LogP contribution in [0.25, 0.3) is 0 Å². The summed E-state index contributed by atoms with van der Waals surface area (Å²) in [5, 5.41) is 0. The Morgan fingerprint density at radius 3 is 1.07 bits per heavy atom. The Balaban J connectivity index is 5.37. The van der Waals surface area contributed by atoms with Crippen LogP contribution in [0.5, 0.6) is 0 Å². The molecule has 0 spiro atoms. The van der Waals surface area contributed by atoms with Gasteiger partial charge in [0, 0.05) is 0 Å². The Morgan fingerprint density at radius 1 is 0.733 bits per heavy atom. The average molecular weight is 283 g/mol. The molecule has 2 nitrogen and oxygen atoms in total. The molecule has 0 radical (unpaired) electrons. The van der Waals surface area contributed by atoms with Gasteiger partial charge in [-0.3, -0.25) is 0 Å². The van der Waals surface area contributed by atoms with E-state index in [-0.39, 0.29) is 0 Å². The highest BCUT2D eigenvalue weighted by atomic mass is 31.7. The van der Waals surface area contributed by atoms with Crippen molar-refractivity contribution in [3.63, 3.8) is 0 Å². The van der Waals surface area contributed by atoms with E-state index in [4.69, 9.17) is 4.21 Å². The molecule has 0 unspecified atom stereocenters. The molecule has 0 amide bonds. The van der Waals surface area contributed by atoms with Crippen LogP contribution in [-0.2, 0) is 8.78 Å². The van der Waals surface area contributed by atoms with Crippen molar-refractivity contribution in [2.24, 2.45) is 0 Å². The van der Waals surface area contributed by atoms with Crippen molar-refractivity contribution >= 4 is 30.3 Å². The van der Waals surface area contributed by atoms with Gasteiger partial charge in [0.05, 0.1) is 0 Å². The first-order chi connectivity index (χ1) is 6.21. The maximum absolute atomic E-state index is 13.2. The van der Waals surface area contributed by atoms with Crippen molar-refractivity contribution in [1.82, 2.24) is 0 Å². The number of hydrogen-bond donors (Lipinski definition) is 0. The maximum atomic E-state index is 13.2. The molecule has 0 bridgehead atoms. The summed E-state index contributed by atoms with van der Waals surface area (Å²) in [4.78, 5) is 0. The van der Waals surface area contributed by atoms with E-state index in [1.165, 1.54) is 0 Å². The molecular weight excluding hydrogens is 255 g/mol. The topological polar surface area (TPSA) is 26.3 Å². The van der Waals surface area contributed by atoms with Crippen LogP contribution in [-0.4, -0.2) is 23.8 Å². The van der Waals surface area contributed by atoms with E-state index in [0.717, 1.165) is 0 Å². The van der Waals surface area contributed by atoms with Crippen molar-refractivity contribution in [3.05, 3.63) is 0 Å². The van der Waals surface area contributed by atoms with Gasteiger partial charge in [0.25, 0.3) is 0 Å². The largest absolute Gasteiger partial charge is 0.377 e. The average Bonchev–Trinajstić information content (AvgIpc) is 1.77. The van der Waals surface area contributed by atoms with Gasteiger partial charge in [0.15, 0.2) is 8.32 Å². The smallest absolute Gasteiger partial charge is 0.191 e. The molecule has 0 aliphatic rings. The van der Waals surface area contributed by atoms with E-state index in [9.17, 15) is 4.57 Å². The molecule has 0 fully saturated rings. The summed E-state index contributed by atoms with van der Waals surface area (Å²) in [6.45, 7) is 17.2. The van der Waals surface area contributed by atoms with Crippen LogP contribution in [0.4, 0.5) is 0 Å². The zero-order chi connectivity index (χ0) is 12.7. The summed E-state index contributed by atoms with van der Waals surface area (Å²) in [6.07, 6.45) is 0. The second-order valence-corrected chi connectivity index (χ2v) is 34.8. The highest BCUT2D eigenvalue weighted by Gasteiger charge is 2.51. The Labute approximate surface area is 98.1 Å². The predicted molar refractivity (Wildman–Crippen MR) is 78.7 cm³/mol. The molecule has 0 saturated carbocycles. The second-order valence-electron chi connectivity index (χ2n) is 7.10. The normalized spacial score (nSPS) is 15.5. The monoisotopic (exact) mass is 282 g/mol. The van der Waals surface area contributed by atoms with E-state index in [2.05, 4.69) is 58.9 Å². The molecule has 0 heterocycles. The SMILES string of the molecule is C[Si](C)(C)OP(=O)([Si](C)(C)C)[Si](C)(C)C. The molecule has 0 N–H and O–H groups in total. The third-order valence-electron chi connectivity index (χ3n) is 2.17. The third kappa shape index (κ3) is 3.97. The summed E-state index contributed by atoms with van der Waals surface area (Å²) < 4.78 is 19.4. The first-order valence-electron chi connectivity index (χ1n) is 5.52. The van der Waals surface area contributed by atoms with Gasteiger partial charge in [-0.05, 0) is 19.6 Å². The fraction of sp³-hybridized carbons (Fsp3) is 1.00. The number of hydrogen-bond acceptors (Lipinski definition) is 2. The Morgan fingerprint density at radius 2 is 1.00 bits per heavy atom. The van der Waals surface area contributed by atoms with Gasteiger partial charge in [0.1, 0.15) is 21.9 Å². The van der Waals surface area contributed by atoms with Gasteiger partial charge in [-0.25, -0.2) is 0 Å². The minimum absolute atomic E-state index is 1.71. The quantitative estimate of drug-likeness (QED) is 0.547. The fourth-order valence-electron chi connectivity index (χ4n) is 1.67. The van der Waals surface area contributed by atoms with Crippen LogP contribution in [0.2, 0.25) is 58.9 Å². The Hall–Kier alpha value is 0.841. The fourth-order valence-corrected chi connectivity index (χ4v) is 43.0. The Bertz CT molecular complexity index is 253. The third-order valence-corrected chi connectivity index (χ3v) is 33.2. The van der Waals surface area contributed by atoms with Gasteiger partial charge in [-0.2, -0.15) is 0 Å². The lowest BCUT2D eigenvalue weighted by molar-refractivity contribution is 0.508. The molecule has 0 aliphatic carbocycles. The van der Waals surface area contributed by atoms with Gasteiger partial charge in [-0.1, -0.05) is 39.3 Å². The van der Waals surface area contributed by atoms with Crippen molar-refractivity contribution in [2.75, 3.05) is 0 Å². The molecule has 0 aromatic rings. The molecule has 6 heteroatoms. The van der Waals surface area contributed by atoms with Gasteiger partial charge in [0.2, 0.25) is 0 Å². The van der Waals surface area contributed by atoms with E-state index in [0.29, 0.717) is 0 Å². The van der Waals surface area contributed by atoms with Gasteiger partial charge < -0.3 is 8.78 Å². The minimum Gasteiger partial charge on any atom is -0.377 e. The van der Waals surface area contributed by atoms with E-state index >= 15 is 0 Å². The molecule has 15 heavy (non-hydrogen) atoms. The highest BCUT2D eigenvalue weighted by Crippen LogP contribution is 2.64. The zero-order valence-corrected chi connectivity index (χ0v) is 15.7. The lowest BCUT2D eigenvalue weighted by atomic mass is 11.8. The first kappa shape index (κ1) is 15.8. The van der Waals surface area contributed by atoms with Gasteiger partial charge in [-0.15, -0.1) is 0 Å². The molecule has 92 valence electrons. The van der Waals surface area contributed by atoms with E-state index in [1.54, 1.807) is 0 Å². The van der Waals surface area contributed by atoms with Gasteiger partial charge >= 0.3 is 0 Å². The molecule has 0 atom stereocenters. The zero-order valence-electron chi connectivity index (χ0n) is 11.8. The summed E-state index contributed by atoms with van der Waals surface area (Å²) >= 11 is 0. The van der Waals surface area contributed by atoms with Crippen LogP contribution in [0.1, 0.15) is 0 Å². The molecule has 0 aromatic carbocycles. The maximum Gasteiger partial charge on any atom is 0.191 e. The molecule has 0 aromatic heterocycles. The summed E-state index contributed by atoms with van der Waals surface area (Å²) in [5.41, 5.74) is 0. The van der Waals surface area contributed by atoms with Crippen LogP contribution >= 0.6 is 6.46 Å². The summed E-state index contributed by atoms with van der Waals surface area (Å²) in [5.74, 6) is 0. The Kier molecular flexibility index (Phi) is 4.50. The van der Waals surface area contributed by atoms with E-state index < -0.39 is 30.3 Å². The van der Waals surface area contributed by atoms with Crippen LogP contribution < -0.4 is 0 Å². The van der Waals surface area contributed by atoms with Crippen molar-refractivity contribution < 1.29 is 8.78 Å². The molecular formula is C9H27O2PSi3. The predicted octanol–water partition coefficient (Wildman–Crippen LogP) is 4.79. The lowest BCUT2D eigenvalue weighted by Crippen LogP contribution is -2.41. The van der Waals surface area contributed by atoms with Crippen LogP contribution in [0.3, 0.4) is 0 Å². The van der Waals surface area contributed by atoms with E-state index in [1.807, 2.05) is 0 Å². The van der Waals surface area contributed by atoms with Crippen molar-refractivity contribution in [3.8, 4) is 0 Å². The standard InChI is InChI=1S/C9H27O2PSi3/c1-13(2,3)11-12(10,14(4,5)6)15(7,8)9/h1-9H3. The van der Waals surface area contributed by atoms with Crippen LogP contribution in [0.15, 0.2) is 0 Å². The summed E-state index contributed by atoms with van der Waals surface area (Å²) in [7, 11) is -5.16. The molecule has 0 aliphatic heterocycles.